The highest BCUT2D eigenvalue weighted by atomic mass is 79.9. The van der Waals surface area contributed by atoms with E-state index in [-0.39, 0.29) is 0 Å². The Morgan fingerprint density at radius 3 is 2.28 bits per heavy atom. The average Bonchev–Trinajstić information content (AvgIpc) is 2.39. The molecule has 1 nitrogen and oxygen atoms in total. The van der Waals surface area contributed by atoms with Gasteiger partial charge in [-0.2, -0.15) is 0 Å². The highest BCUT2D eigenvalue weighted by Crippen LogP contribution is 2.27. The van der Waals surface area contributed by atoms with Crippen molar-refractivity contribution in [1.82, 2.24) is 0 Å². The molecule has 0 heterocycles. The van der Waals surface area contributed by atoms with E-state index in [0.717, 1.165) is 15.6 Å². The van der Waals surface area contributed by atoms with E-state index in [1.165, 1.54) is 16.7 Å². The van der Waals surface area contributed by atoms with Gasteiger partial charge in [0.15, 0.2) is 0 Å². The van der Waals surface area contributed by atoms with Gasteiger partial charge in [-0.05, 0) is 46.1 Å². The second kappa shape index (κ2) is 6.39. The third kappa shape index (κ3) is 3.59. The van der Waals surface area contributed by atoms with Gasteiger partial charge in [-0.1, -0.05) is 51.8 Å². The first-order valence-electron chi connectivity index (χ1n) is 5.72. The molecule has 2 aromatic rings. The lowest BCUT2D eigenvalue weighted by Gasteiger charge is -2.09. The Bertz CT molecular complexity index is 521. The van der Waals surface area contributed by atoms with Crippen molar-refractivity contribution in [2.45, 2.75) is 18.9 Å². The summed E-state index contributed by atoms with van der Waals surface area (Å²) in [6.07, 6.45) is 0. The van der Waals surface area contributed by atoms with Gasteiger partial charge in [-0.15, -0.1) is 0 Å². The van der Waals surface area contributed by atoms with E-state index >= 15 is 0 Å². The monoisotopic (exact) mass is 368 g/mol. The first kappa shape index (κ1) is 13.6. The Labute approximate surface area is 124 Å². The summed E-state index contributed by atoms with van der Waals surface area (Å²) in [4.78, 5) is 0. The lowest BCUT2D eigenvalue weighted by Crippen LogP contribution is -1.96. The van der Waals surface area contributed by atoms with E-state index in [4.69, 9.17) is 4.74 Å². The number of alkyl halides is 1. The fourth-order valence-electron chi connectivity index (χ4n) is 1.59. The zero-order valence-electron chi connectivity index (χ0n) is 10.1. The average molecular weight is 370 g/mol. The van der Waals surface area contributed by atoms with Crippen LogP contribution in [-0.2, 0) is 11.9 Å². The van der Waals surface area contributed by atoms with Crippen molar-refractivity contribution in [3.63, 3.8) is 0 Å². The molecular weight excluding hydrogens is 356 g/mol. The van der Waals surface area contributed by atoms with E-state index < -0.39 is 0 Å². The summed E-state index contributed by atoms with van der Waals surface area (Å²) in [5.74, 6) is 0.875. The van der Waals surface area contributed by atoms with E-state index in [1.807, 2.05) is 6.07 Å². The van der Waals surface area contributed by atoms with Gasteiger partial charge >= 0.3 is 0 Å². The molecule has 0 aliphatic heterocycles. The zero-order chi connectivity index (χ0) is 13.0. The molecule has 2 rings (SSSR count). The van der Waals surface area contributed by atoms with Crippen LogP contribution in [0.2, 0.25) is 0 Å². The number of hydrogen-bond donors (Lipinski definition) is 0. The molecule has 0 saturated heterocycles. The molecule has 94 valence electrons. The van der Waals surface area contributed by atoms with Crippen LogP contribution < -0.4 is 4.74 Å². The molecule has 0 atom stereocenters. The van der Waals surface area contributed by atoms with Gasteiger partial charge in [0, 0.05) is 5.33 Å². The second-order valence-corrected chi connectivity index (χ2v) is 5.59. The Balaban J connectivity index is 2.04. The fraction of sp³-hybridized carbons (Fsp3) is 0.200. The molecule has 0 unspecified atom stereocenters. The van der Waals surface area contributed by atoms with Gasteiger partial charge in [0.1, 0.15) is 12.4 Å². The molecule has 0 bridgehead atoms. The van der Waals surface area contributed by atoms with Crippen molar-refractivity contribution in [2.75, 3.05) is 0 Å². The van der Waals surface area contributed by atoms with Crippen LogP contribution in [0.5, 0.6) is 5.75 Å². The van der Waals surface area contributed by atoms with Gasteiger partial charge < -0.3 is 4.74 Å². The lowest BCUT2D eigenvalue weighted by atomic mass is 10.2. The Morgan fingerprint density at radius 1 is 1.00 bits per heavy atom. The van der Waals surface area contributed by atoms with Crippen LogP contribution in [0.25, 0.3) is 0 Å². The summed E-state index contributed by atoms with van der Waals surface area (Å²) in [5, 5.41) is 0.851. The zero-order valence-corrected chi connectivity index (χ0v) is 13.3. The van der Waals surface area contributed by atoms with Crippen LogP contribution in [-0.4, -0.2) is 0 Å². The quantitative estimate of drug-likeness (QED) is 0.670. The van der Waals surface area contributed by atoms with Gasteiger partial charge in [0.05, 0.1) is 4.47 Å². The van der Waals surface area contributed by atoms with Crippen molar-refractivity contribution in [2.24, 2.45) is 0 Å². The first-order valence-corrected chi connectivity index (χ1v) is 7.63. The highest BCUT2D eigenvalue weighted by Gasteiger charge is 2.02. The summed E-state index contributed by atoms with van der Waals surface area (Å²) >= 11 is 6.96. The molecule has 2 aromatic carbocycles. The van der Waals surface area contributed by atoms with Crippen LogP contribution in [0, 0.1) is 6.92 Å². The molecule has 0 aliphatic rings. The molecule has 0 fully saturated rings. The molecule has 18 heavy (non-hydrogen) atoms. The number of halogens is 2. The molecule has 0 aliphatic carbocycles. The fourth-order valence-corrected chi connectivity index (χ4v) is 2.48. The number of aryl methyl sites for hydroxylation is 1. The number of rotatable bonds is 4. The largest absolute Gasteiger partial charge is 0.488 e. The van der Waals surface area contributed by atoms with Crippen LogP contribution in [0.15, 0.2) is 46.9 Å². The molecule has 0 saturated carbocycles. The van der Waals surface area contributed by atoms with Crippen molar-refractivity contribution in [3.8, 4) is 5.75 Å². The molecular formula is C15H14Br2O. The topological polar surface area (TPSA) is 9.23 Å². The molecule has 0 N–H and O–H groups in total. The van der Waals surface area contributed by atoms with Gasteiger partial charge in [0.25, 0.3) is 0 Å². The maximum absolute atomic E-state index is 5.80. The smallest absolute Gasteiger partial charge is 0.134 e. The minimum atomic E-state index is 0.590. The normalized spacial score (nSPS) is 10.4. The number of ether oxygens (including phenoxy) is 1. The Hall–Kier alpha value is -0.800. The van der Waals surface area contributed by atoms with Crippen molar-refractivity contribution in [3.05, 3.63) is 63.6 Å². The SMILES string of the molecule is Cc1ccc(COc2ccc(CBr)cc2Br)cc1. The standard InChI is InChI=1S/C15H14Br2O/c1-11-2-4-12(5-3-11)10-18-15-7-6-13(9-16)8-14(15)17/h2-8H,9-10H2,1H3. The molecule has 3 heteroatoms. The molecule has 0 aromatic heterocycles. The minimum absolute atomic E-state index is 0.590. The summed E-state index contributed by atoms with van der Waals surface area (Å²) < 4.78 is 6.79. The second-order valence-electron chi connectivity index (χ2n) is 4.17. The minimum Gasteiger partial charge on any atom is -0.488 e. The molecule has 0 radical (unpaired) electrons. The van der Waals surface area contributed by atoms with E-state index in [0.29, 0.717) is 6.61 Å². The summed E-state index contributed by atoms with van der Waals surface area (Å²) in [6.45, 7) is 2.67. The maximum Gasteiger partial charge on any atom is 0.134 e. The number of benzene rings is 2. The number of hydrogen-bond acceptors (Lipinski definition) is 1. The molecule has 0 spiro atoms. The summed E-state index contributed by atoms with van der Waals surface area (Å²) in [5.41, 5.74) is 3.67. The van der Waals surface area contributed by atoms with Crippen LogP contribution >= 0.6 is 31.9 Å². The van der Waals surface area contributed by atoms with Gasteiger partial charge in [-0.25, -0.2) is 0 Å². The first-order chi connectivity index (χ1) is 8.69. The van der Waals surface area contributed by atoms with Gasteiger partial charge in [0.2, 0.25) is 0 Å². The third-order valence-corrected chi connectivity index (χ3v) is 3.93. The van der Waals surface area contributed by atoms with E-state index in [9.17, 15) is 0 Å². The van der Waals surface area contributed by atoms with Gasteiger partial charge in [-0.3, -0.25) is 0 Å². The van der Waals surface area contributed by atoms with E-state index in [1.54, 1.807) is 0 Å². The Morgan fingerprint density at radius 2 is 1.67 bits per heavy atom. The molecule has 0 amide bonds. The third-order valence-electron chi connectivity index (χ3n) is 2.67. The van der Waals surface area contributed by atoms with Crippen LogP contribution in [0.3, 0.4) is 0 Å². The summed E-state index contributed by atoms with van der Waals surface area (Å²) in [7, 11) is 0. The van der Waals surface area contributed by atoms with Crippen molar-refractivity contribution < 1.29 is 4.74 Å². The van der Waals surface area contributed by atoms with Crippen LogP contribution in [0.4, 0.5) is 0 Å². The van der Waals surface area contributed by atoms with E-state index in [2.05, 4.69) is 75.2 Å². The maximum atomic E-state index is 5.80. The highest BCUT2D eigenvalue weighted by molar-refractivity contribution is 9.10. The predicted molar refractivity (Wildman–Crippen MR) is 82.3 cm³/mol. The Kier molecular flexibility index (Phi) is 4.84. The summed E-state index contributed by atoms with van der Waals surface area (Å²) in [6, 6.07) is 14.5. The van der Waals surface area contributed by atoms with Crippen molar-refractivity contribution in [1.29, 1.82) is 0 Å². The predicted octanol–water partition coefficient (Wildman–Crippen LogP) is 5.23. The lowest BCUT2D eigenvalue weighted by molar-refractivity contribution is 0.304. The van der Waals surface area contributed by atoms with Crippen LogP contribution in [0.1, 0.15) is 16.7 Å². The van der Waals surface area contributed by atoms with Crippen molar-refractivity contribution >= 4 is 31.9 Å².